The van der Waals surface area contributed by atoms with E-state index in [1.807, 2.05) is 20.8 Å². The SMILES string of the molecule is CCOC(=O)c1c(C)[nH]c(C(=O)[C@@H](C)[NH2+][C@@H]2CCCC[C@@H]2C)c1C. The van der Waals surface area contributed by atoms with Gasteiger partial charge in [-0.1, -0.05) is 13.3 Å². The summed E-state index contributed by atoms with van der Waals surface area (Å²) in [6.07, 6.45) is 4.97. The van der Waals surface area contributed by atoms with Crippen LogP contribution in [-0.2, 0) is 4.74 Å². The van der Waals surface area contributed by atoms with Crippen LogP contribution in [0.1, 0.15) is 78.6 Å². The highest BCUT2D eigenvalue weighted by Gasteiger charge is 2.31. The van der Waals surface area contributed by atoms with E-state index in [0.29, 0.717) is 41.1 Å². The molecule has 1 heterocycles. The number of nitrogens with two attached hydrogens (primary N) is 1. The minimum absolute atomic E-state index is 0.0592. The summed E-state index contributed by atoms with van der Waals surface area (Å²) in [5.41, 5.74) is 2.45. The highest BCUT2D eigenvalue weighted by molar-refractivity contribution is 6.03. The number of hydrogen-bond acceptors (Lipinski definition) is 3. The topological polar surface area (TPSA) is 75.8 Å². The van der Waals surface area contributed by atoms with Crippen LogP contribution in [-0.4, -0.2) is 35.4 Å². The number of Topliss-reactive ketones (excluding diaryl/α,β-unsaturated/α-hetero) is 1. The van der Waals surface area contributed by atoms with Gasteiger partial charge in [-0.15, -0.1) is 0 Å². The Morgan fingerprint density at radius 3 is 2.58 bits per heavy atom. The van der Waals surface area contributed by atoms with Gasteiger partial charge < -0.3 is 15.0 Å². The molecule has 24 heavy (non-hydrogen) atoms. The third kappa shape index (κ3) is 3.89. The molecule has 0 aliphatic heterocycles. The lowest BCUT2D eigenvalue weighted by Gasteiger charge is -2.28. The summed E-state index contributed by atoms with van der Waals surface area (Å²) in [6.45, 7) is 9.98. The second kappa shape index (κ2) is 7.97. The maximum Gasteiger partial charge on any atom is 0.340 e. The van der Waals surface area contributed by atoms with Gasteiger partial charge in [0.05, 0.1) is 23.9 Å². The van der Waals surface area contributed by atoms with Crippen molar-refractivity contribution in [1.29, 1.82) is 0 Å². The molecule has 0 saturated heterocycles. The number of aryl methyl sites for hydroxylation is 1. The first-order valence-electron chi connectivity index (χ1n) is 9.12. The molecule has 1 fully saturated rings. The summed E-state index contributed by atoms with van der Waals surface area (Å²) >= 11 is 0. The van der Waals surface area contributed by atoms with E-state index >= 15 is 0 Å². The summed E-state index contributed by atoms with van der Waals surface area (Å²) < 4.78 is 5.10. The van der Waals surface area contributed by atoms with Crippen LogP contribution in [0.25, 0.3) is 0 Å². The second-order valence-corrected chi connectivity index (χ2v) is 7.12. The van der Waals surface area contributed by atoms with Crippen LogP contribution in [0.3, 0.4) is 0 Å². The molecule has 1 aromatic rings. The van der Waals surface area contributed by atoms with Gasteiger partial charge in [0.15, 0.2) is 0 Å². The molecule has 3 N–H and O–H groups in total. The van der Waals surface area contributed by atoms with Gasteiger partial charge in [0.2, 0.25) is 5.78 Å². The molecule has 5 heteroatoms. The molecule has 0 radical (unpaired) electrons. The standard InChI is InChI=1S/C19H30N2O3/c1-6-24-19(23)16-12(3)17(21-13(16)4)18(22)14(5)20-15-10-8-7-9-11(15)2/h11,14-15,20-21H,6-10H2,1-5H3/p+1/t11-,14+,15+/m0/s1. The number of esters is 1. The largest absolute Gasteiger partial charge is 0.462 e. The van der Waals surface area contributed by atoms with E-state index in [2.05, 4.69) is 17.2 Å². The van der Waals surface area contributed by atoms with Crippen LogP contribution in [0.15, 0.2) is 0 Å². The Morgan fingerprint density at radius 2 is 1.96 bits per heavy atom. The van der Waals surface area contributed by atoms with Crippen molar-refractivity contribution in [2.75, 3.05) is 6.61 Å². The van der Waals surface area contributed by atoms with Crippen LogP contribution >= 0.6 is 0 Å². The number of hydrogen-bond donors (Lipinski definition) is 2. The lowest BCUT2D eigenvalue weighted by atomic mass is 9.85. The third-order valence-electron chi connectivity index (χ3n) is 5.29. The zero-order valence-corrected chi connectivity index (χ0v) is 15.6. The lowest BCUT2D eigenvalue weighted by Crippen LogP contribution is -2.97. The first kappa shape index (κ1) is 18.7. The molecule has 2 rings (SSSR count). The maximum atomic E-state index is 12.9. The Kier molecular flexibility index (Phi) is 6.21. The zero-order valence-electron chi connectivity index (χ0n) is 15.6. The molecule has 134 valence electrons. The summed E-state index contributed by atoms with van der Waals surface area (Å²) in [5, 5.41) is 2.21. The van der Waals surface area contributed by atoms with Gasteiger partial charge in [-0.2, -0.15) is 0 Å². The van der Waals surface area contributed by atoms with Crippen LogP contribution in [0.4, 0.5) is 0 Å². The lowest BCUT2D eigenvalue weighted by molar-refractivity contribution is -0.713. The molecule has 0 unspecified atom stereocenters. The number of aromatic nitrogens is 1. The Morgan fingerprint density at radius 1 is 1.29 bits per heavy atom. The smallest absolute Gasteiger partial charge is 0.340 e. The van der Waals surface area contributed by atoms with E-state index in [4.69, 9.17) is 4.74 Å². The summed E-state index contributed by atoms with van der Waals surface area (Å²) in [6, 6.07) is 0.362. The Balaban J connectivity index is 2.14. The second-order valence-electron chi connectivity index (χ2n) is 7.12. The number of ether oxygens (including phenoxy) is 1. The van der Waals surface area contributed by atoms with Crippen molar-refractivity contribution in [1.82, 2.24) is 4.98 Å². The van der Waals surface area contributed by atoms with Gasteiger partial charge in [0.25, 0.3) is 0 Å². The van der Waals surface area contributed by atoms with E-state index in [9.17, 15) is 9.59 Å². The average molecular weight is 335 g/mol. The van der Waals surface area contributed by atoms with E-state index in [0.717, 1.165) is 0 Å². The quantitative estimate of drug-likeness (QED) is 0.619. The van der Waals surface area contributed by atoms with E-state index in [1.54, 1.807) is 6.92 Å². The van der Waals surface area contributed by atoms with Gasteiger partial charge in [-0.25, -0.2) is 4.79 Å². The Labute approximate surface area is 144 Å². The van der Waals surface area contributed by atoms with E-state index in [-0.39, 0.29) is 17.8 Å². The fourth-order valence-corrected chi connectivity index (χ4v) is 3.82. The highest BCUT2D eigenvalue weighted by atomic mass is 16.5. The number of quaternary nitrogens is 1. The number of aromatic amines is 1. The van der Waals surface area contributed by atoms with Crippen molar-refractivity contribution in [2.45, 2.75) is 72.4 Å². The molecular weight excluding hydrogens is 304 g/mol. The molecule has 0 bridgehead atoms. The summed E-state index contributed by atoms with van der Waals surface area (Å²) in [4.78, 5) is 28.1. The monoisotopic (exact) mass is 335 g/mol. The fraction of sp³-hybridized carbons (Fsp3) is 0.684. The van der Waals surface area contributed by atoms with Crippen molar-refractivity contribution < 1.29 is 19.6 Å². The summed E-state index contributed by atoms with van der Waals surface area (Å²) in [5.74, 6) is 0.347. The normalized spacial score (nSPS) is 22.2. The fourth-order valence-electron chi connectivity index (χ4n) is 3.82. The molecule has 3 atom stereocenters. The number of ketones is 1. The van der Waals surface area contributed by atoms with Gasteiger partial charge >= 0.3 is 5.97 Å². The molecule has 0 aromatic carbocycles. The predicted molar refractivity (Wildman–Crippen MR) is 93.4 cm³/mol. The van der Waals surface area contributed by atoms with Crippen LogP contribution in [0.2, 0.25) is 0 Å². The predicted octanol–water partition coefficient (Wildman–Crippen LogP) is 2.52. The van der Waals surface area contributed by atoms with Gasteiger partial charge in [0.1, 0.15) is 6.04 Å². The van der Waals surface area contributed by atoms with Gasteiger partial charge in [-0.05, 0) is 52.5 Å². The van der Waals surface area contributed by atoms with Crippen molar-refractivity contribution in [3.05, 3.63) is 22.5 Å². The molecule has 0 spiro atoms. The Hall–Kier alpha value is -1.62. The zero-order chi connectivity index (χ0) is 17.9. The van der Waals surface area contributed by atoms with E-state index in [1.165, 1.54) is 25.7 Å². The van der Waals surface area contributed by atoms with Crippen LogP contribution in [0, 0.1) is 19.8 Å². The number of nitrogens with one attached hydrogen (secondary N) is 1. The molecule has 1 aliphatic carbocycles. The van der Waals surface area contributed by atoms with Crippen molar-refractivity contribution >= 4 is 11.8 Å². The first-order valence-corrected chi connectivity index (χ1v) is 9.12. The Bertz CT molecular complexity index is 606. The number of carbonyl (C=O) groups is 2. The van der Waals surface area contributed by atoms with Crippen LogP contribution < -0.4 is 5.32 Å². The third-order valence-corrected chi connectivity index (χ3v) is 5.29. The average Bonchev–Trinajstić information content (AvgIpc) is 2.83. The minimum Gasteiger partial charge on any atom is -0.462 e. The van der Waals surface area contributed by atoms with Crippen molar-refractivity contribution in [2.24, 2.45) is 5.92 Å². The molecule has 5 nitrogen and oxygen atoms in total. The van der Waals surface area contributed by atoms with Gasteiger partial charge in [0, 0.05) is 11.6 Å². The molecular formula is C19H31N2O3+. The van der Waals surface area contributed by atoms with E-state index < -0.39 is 0 Å². The maximum absolute atomic E-state index is 12.9. The van der Waals surface area contributed by atoms with Gasteiger partial charge in [-0.3, -0.25) is 4.79 Å². The molecule has 1 aromatic heterocycles. The number of H-pyrrole nitrogens is 1. The number of rotatable bonds is 6. The van der Waals surface area contributed by atoms with Crippen molar-refractivity contribution in [3.63, 3.8) is 0 Å². The molecule has 0 amide bonds. The highest BCUT2D eigenvalue weighted by Crippen LogP contribution is 2.22. The van der Waals surface area contributed by atoms with Crippen LogP contribution in [0.5, 0.6) is 0 Å². The molecule has 1 aliphatic rings. The van der Waals surface area contributed by atoms with Crippen molar-refractivity contribution in [3.8, 4) is 0 Å². The number of carbonyl (C=O) groups excluding carboxylic acids is 2. The summed E-state index contributed by atoms with van der Waals surface area (Å²) in [7, 11) is 0. The molecule has 1 saturated carbocycles. The first-order chi connectivity index (χ1) is 11.4. The minimum atomic E-state index is -0.361.